The third-order valence-electron chi connectivity index (χ3n) is 6.63. The summed E-state index contributed by atoms with van der Waals surface area (Å²) in [5.41, 5.74) is -0.997. The minimum atomic E-state index is -4.69. The predicted molar refractivity (Wildman–Crippen MR) is 123 cm³/mol. The van der Waals surface area contributed by atoms with E-state index in [9.17, 15) is 35.6 Å². The van der Waals surface area contributed by atoms with Gasteiger partial charge in [0.2, 0.25) is 5.91 Å². The van der Waals surface area contributed by atoms with E-state index in [-0.39, 0.29) is 28.5 Å². The van der Waals surface area contributed by atoms with Gasteiger partial charge in [-0.3, -0.25) is 9.59 Å². The van der Waals surface area contributed by atoms with Crippen molar-refractivity contribution in [1.82, 2.24) is 10.2 Å². The maximum absolute atomic E-state index is 14.7. The van der Waals surface area contributed by atoms with Crippen LogP contribution in [0.15, 0.2) is 47.4 Å². The molecule has 0 spiro atoms. The van der Waals surface area contributed by atoms with E-state index >= 15 is 0 Å². The standard InChI is InChI=1S/C25H26F4N2O4S/c1-36(34,35)18-6-4-5-16(13-18)24(33)31-12-3-2-7-21(31)23(32)30-22(15-8-9-15)19-11-10-17(14-20(19)26)25(27,28)29/h4-6,10-11,13-15,21-22H,2-3,7-9,12H2,1H3,(H,30,32)/t21?,22-/m1/s1. The number of hydrogen-bond acceptors (Lipinski definition) is 4. The Kier molecular flexibility index (Phi) is 7.14. The molecule has 1 unspecified atom stereocenters. The number of nitrogens with zero attached hydrogens (tertiary/aromatic N) is 1. The fourth-order valence-corrected chi connectivity index (χ4v) is 5.22. The fourth-order valence-electron chi connectivity index (χ4n) is 4.56. The van der Waals surface area contributed by atoms with Crippen molar-refractivity contribution >= 4 is 21.7 Å². The molecule has 36 heavy (non-hydrogen) atoms. The van der Waals surface area contributed by atoms with E-state index in [2.05, 4.69) is 5.32 Å². The van der Waals surface area contributed by atoms with Gasteiger partial charge in [0.1, 0.15) is 11.9 Å². The fraction of sp³-hybridized carbons (Fsp3) is 0.440. The molecule has 1 heterocycles. The first-order valence-corrected chi connectivity index (χ1v) is 13.5. The van der Waals surface area contributed by atoms with Crippen LogP contribution in [0.5, 0.6) is 0 Å². The highest BCUT2D eigenvalue weighted by molar-refractivity contribution is 7.90. The largest absolute Gasteiger partial charge is 0.416 e. The highest BCUT2D eigenvalue weighted by Gasteiger charge is 2.40. The zero-order valence-electron chi connectivity index (χ0n) is 19.5. The average molecular weight is 527 g/mol. The third-order valence-corrected chi connectivity index (χ3v) is 7.74. The lowest BCUT2D eigenvalue weighted by Gasteiger charge is -2.36. The Bertz CT molecular complexity index is 1280. The van der Waals surface area contributed by atoms with Crippen LogP contribution in [0.2, 0.25) is 0 Å². The van der Waals surface area contributed by atoms with E-state index in [1.807, 2.05) is 0 Å². The summed E-state index contributed by atoms with van der Waals surface area (Å²) in [7, 11) is -3.54. The number of halogens is 4. The number of carbonyl (C=O) groups is 2. The van der Waals surface area contributed by atoms with Gasteiger partial charge in [0, 0.05) is 23.9 Å². The summed E-state index contributed by atoms with van der Waals surface area (Å²) in [5, 5.41) is 2.79. The molecule has 4 rings (SSSR count). The van der Waals surface area contributed by atoms with E-state index in [0.717, 1.165) is 18.4 Å². The molecule has 11 heteroatoms. The second kappa shape index (κ2) is 9.84. The molecule has 0 bridgehead atoms. The Balaban J connectivity index is 1.56. The Morgan fingerprint density at radius 3 is 2.39 bits per heavy atom. The van der Waals surface area contributed by atoms with Crippen molar-refractivity contribution in [2.24, 2.45) is 5.92 Å². The second-order valence-corrected chi connectivity index (χ2v) is 11.4. The number of rotatable bonds is 6. The summed E-state index contributed by atoms with van der Waals surface area (Å²) in [6, 6.07) is 6.19. The van der Waals surface area contributed by atoms with Gasteiger partial charge in [-0.15, -0.1) is 0 Å². The minimum absolute atomic E-state index is 0.0158. The Morgan fingerprint density at radius 1 is 1.06 bits per heavy atom. The van der Waals surface area contributed by atoms with Crippen molar-refractivity contribution in [1.29, 1.82) is 0 Å². The lowest BCUT2D eigenvalue weighted by Crippen LogP contribution is -2.52. The zero-order valence-corrected chi connectivity index (χ0v) is 20.3. The number of hydrogen-bond donors (Lipinski definition) is 1. The van der Waals surface area contributed by atoms with Crippen LogP contribution in [0.25, 0.3) is 0 Å². The molecule has 1 N–H and O–H groups in total. The van der Waals surface area contributed by atoms with Gasteiger partial charge in [-0.25, -0.2) is 12.8 Å². The summed E-state index contributed by atoms with van der Waals surface area (Å²) in [6.07, 6.45) is -0.583. The lowest BCUT2D eigenvalue weighted by molar-refractivity contribution is -0.137. The normalized spacial score (nSPS) is 19.6. The van der Waals surface area contributed by atoms with Gasteiger partial charge in [0.15, 0.2) is 9.84 Å². The molecule has 1 saturated heterocycles. The van der Waals surface area contributed by atoms with Crippen LogP contribution in [-0.2, 0) is 20.8 Å². The monoisotopic (exact) mass is 526 g/mol. The molecule has 2 aliphatic rings. The van der Waals surface area contributed by atoms with Crippen molar-refractivity contribution in [3.05, 3.63) is 65.0 Å². The van der Waals surface area contributed by atoms with Crippen LogP contribution in [0.4, 0.5) is 17.6 Å². The van der Waals surface area contributed by atoms with Gasteiger partial charge in [-0.1, -0.05) is 12.1 Å². The zero-order chi connectivity index (χ0) is 26.3. The molecule has 194 valence electrons. The summed E-state index contributed by atoms with van der Waals surface area (Å²) < 4.78 is 77.4. The van der Waals surface area contributed by atoms with Crippen molar-refractivity contribution in [3.8, 4) is 0 Å². The molecule has 2 aromatic carbocycles. The molecular formula is C25H26F4N2O4S. The molecule has 0 aromatic heterocycles. The second-order valence-electron chi connectivity index (χ2n) is 9.37. The average Bonchev–Trinajstić information content (AvgIpc) is 3.66. The molecule has 2 amide bonds. The smallest absolute Gasteiger partial charge is 0.347 e. The highest BCUT2D eigenvalue weighted by Crippen LogP contribution is 2.43. The first-order chi connectivity index (χ1) is 16.9. The quantitative estimate of drug-likeness (QED) is 0.562. The highest BCUT2D eigenvalue weighted by atomic mass is 32.2. The molecule has 0 radical (unpaired) electrons. The molecule has 2 aromatic rings. The van der Waals surface area contributed by atoms with Gasteiger partial charge < -0.3 is 10.2 Å². The molecular weight excluding hydrogens is 500 g/mol. The van der Waals surface area contributed by atoms with Gasteiger partial charge >= 0.3 is 6.18 Å². The van der Waals surface area contributed by atoms with Crippen LogP contribution in [-0.4, -0.2) is 44.0 Å². The molecule has 1 aliphatic heterocycles. The Labute approximate surface area is 206 Å². The van der Waals surface area contributed by atoms with Crippen LogP contribution < -0.4 is 5.32 Å². The SMILES string of the molecule is CS(=O)(=O)c1cccc(C(=O)N2CCCCC2C(=O)N[C@@H](c2ccc(C(F)(F)F)cc2F)C2CC2)c1. The third kappa shape index (κ3) is 5.71. The number of nitrogens with one attached hydrogen (secondary N) is 1. The van der Waals surface area contributed by atoms with Crippen LogP contribution in [0, 0.1) is 11.7 Å². The molecule has 2 atom stereocenters. The predicted octanol–water partition coefficient (Wildman–Crippen LogP) is 4.51. The van der Waals surface area contributed by atoms with Crippen molar-refractivity contribution in [3.63, 3.8) is 0 Å². The van der Waals surface area contributed by atoms with E-state index in [1.165, 1.54) is 29.2 Å². The van der Waals surface area contributed by atoms with E-state index in [1.54, 1.807) is 0 Å². The van der Waals surface area contributed by atoms with Gasteiger partial charge in [0.25, 0.3) is 5.91 Å². The number of sulfone groups is 1. The number of benzene rings is 2. The van der Waals surface area contributed by atoms with Crippen molar-refractivity contribution in [2.75, 3.05) is 12.8 Å². The Morgan fingerprint density at radius 2 is 1.78 bits per heavy atom. The summed E-state index contributed by atoms with van der Waals surface area (Å²) >= 11 is 0. The minimum Gasteiger partial charge on any atom is -0.347 e. The van der Waals surface area contributed by atoms with Crippen LogP contribution in [0.3, 0.4) is 0 Å². The molecule has 2 fully saturated rings. The Hall–Kier alpha value is -2.95. The van der Waals surface area contributed by atoms with Crippen molar-refractivity contribution in [2.45, 2.75) is 55.3 Å². The first kappa shape index (κ1) is 26.1. The maximum Gasteiger partial charge on any atom is 0.416 e. The van der Waals surface area contributed by atoms with Crippen LogP contribution >= 0.6 is 0 Å². The number of piperidine rings is 1. The van der Waals surface area contributed by atoms with Gasteiger partial charge in [0.05, 0.1) is 16.5 Å². The number of alkyl halides is 3. The summed E-state index contributed by atoms with van der Waals surface area (Å²) in [4.78, 5) is 28.0. The topological polar surface area (TPSA) is 83.6 Å². The van der Waals surface area contributed by atoms with Crippen LogP contribution in [0.1, 0.15) is 59.6 Å². The van der Waals surface area contributed by atoms with Gasteiger partial charge in [-0.2, -0.15) is 13.2 Å². The summed E-state index contributed by atoms with van der Waals surface area (Å²) in [6.45, 7) is 0.281. The molecule has 6 nitrogen and oxygen atoms in total. The van der Waals surface area contributed by atoms with Gasteiger partial charge in [-0.05, 0) is 68.4 Å². The van der Waals surface area contributed by atoms with E-state index < -0.39 is 51.3 Å². The first-order valence-electron chi connectivity index (χ1n) is 11.6. The molecule has 1 aliphatic carbocycles. The molecule has 1 saturated carbocycles. The maximum atomic E-state index is 14.7. The van der Waals surface area contributed by atoms with Crippen molar-refractivity contribution < 1.29 is 35.6 Å². The number of amides is 2. The number of carbonyl (C=O) groups excluding carboxylic acids is 2. The lowest BCUT2D eigenvalue weighted by atomic mass is 9.96. The van der Waals surface area contributed by atoms with E-state index in [0.29, 0.717) is 38.2 Å². The number of likely N-dealkylation sites (tertiary alicyclic amines) is 1. The summed E-state index contributed by atoms with van der Waals surface area (Å²) in [5.74, 6) is -2.17. The van der Waals surface area contributed by atoms with E-state index in [4.69, 9.17) is 0 Å².